The number of carbonyl (C=O) groups is 3. The van der Waals surface area contributed by atoms with Gasteiger partial charge in [-0.25, -0.2) is 0 Å². The zero-order chi connectivity index (χ0) is 18.3. The van der Waals surface area contributed by atoms with Crippen molar-refractivity contribution in [1.29, 1.82) is 0 Å². The summed E-state index contributed by atoms with van der Waals surface area (Å²) >= 11 is 0. The van der Waals surface area contributed by atoms with Crippen molar-refractivity contribution < 1.29 is 47.7 Å². The minimum atomic E-state index is -1.66. The molecular formula is C12H18O9. The molecule has 9 nitrogen and oxygen atoms in total. The lowest BCUT2D eigenvalue weighted by Gasteiger charge is -2.41. The van der Waals surface area contributed by atoms with E-state index in [0.717, 1.165) is 0 Å². The van der Waals surface area contributed by atoms with Gasteiger partial charge in [0.05, 0.1) is 6.61 Å². The largest absolute Gasteiger partial charge is 0.455 e. The molecule has 2 N–H and O–H groups in total. The van der Waals surface area contributed by atoms with E-state index in [1.54, 1.807) is 0 Å². The second-order valence-electron chi connectivity index (χ2n) is 4.11. The van der Waals surface area contributed by atoms with Crippen LogP contribution in [0.4, 0.5) is 0 Å². The highest BCUT2D eigenvalue weighted by Crippen LogP contribution is 2.27. The van der Waals surface area contributed by atoms with E-state index < -0.39 is 75.9 Å². The van der Waals surface area contributed by atoms with Gasteiger partial charge in [-0.1, -0.05) is 0 Å². The van der Waals surface area contributed by atoms with Gasteiger partial charge in [0.1, 0.15) is 12.2 Å². The normalized spacial score (nSPS) is 34.0. The monoisotopic (exact) mass is 309 g/mol. The van der Waals surface area contributed by atoms with Gasteiger partial charge in [-0.05, 0) is 0 Å². The first kappa shape index (κ1) is 13.0. The highest BCUT2D eigenvalue weighted by molar-refractivity contribution is 5.68. The summed E-state index contributed by atoms with van der Waals surface area (Å²) in [6, 6.07) is 0. The fourth-order valence-corrected chi connectivity index (χ4v) is 1.83. The predicted octanol–water partition coefficient (Wildman–Crippen LogP) is -1.51. The van der Waals surface area contributed by atoms with Crippen LogP contribution < -0.4 is 0 Å². The van der Waals surface area contributed by atoms with Gasteiger partial charge in [-0.2, -0.15) is 0 Å². The summed E-state index contributed by atoms with van der Waals surface area (Å²) in [5.41, 5.74) is 0. The van der Waals surface area contributed by atoms with E-state index in [4.69, 9.17) is 23.1 Å². The van der Waals surface area contributed by atoms with Gasteiger partial charge in [-0.15, -0.1) is 0 Å². The lowest BCUT2D eigenvalue weighted by Crippen LogP contribution is -2.61. The van der Waals surface area contributed by atoms with Crippen LogP contribution in [0.5, 0.6) is 0 Å². The number of ether oxygens (including phenoxy) is 4. The van der Waals surface area contributed by atoms with Gasteiger partial charge in [0.15, 0.2) is 6.10 Å². The fourth-order valence-electron chi connectivity index (χ4n) is 1.83. The molecule has 1 aliphatic heterocycles. The summed E-state index contributed by atoms with van der Waals surface area (Å²) in [5, 5.41) is 19.3. The molecule has 21 heavy (non-hydrogen) atoms. The maximum atomic E-state index is 11.4. The van der Waals surface area contributed by atoms with E-state index in [0.29, 0.717) is 0 Å². The van der Waals surface area contributed by atoms with Gasteiger partial charge in [-0.3, -0.25) is 14.4 Å². The van der Waals surface area contributed by atoms with E-state index in [1.807, 2.05) is 0 Å². The fraction of sp³-hybridized carbons (Fsp3) is 0.750. The highest BCUT2D eigenvalue weighted by atomic mass is 16.7. The second-order valence-corrected chi connectivity index (χ2v) is 4.11. The van der Waals surface area contributed by atoms with Crippen LogP contribution in [0.25, 0.3) is 0 Å². The number of carbonyl (C=O) groups excluding carboxylic acids is 3. The average Bonchev–Trinajstić information content (AvgIpc) is 2.59. The minimum Gasteiger partial charge on any atom is -0.455 e. The number of aliphatic hydroxyl groups excluding tert-OH is 2. The number of rotatable bonds is 4. The number of hydrogen-bond acceptors (Lipinski definition) is 9. The summed E-state index contributed by atoms with van der Waals surface area (Å²) in [4.78, 5) is 34.1. The molecule has 9 heteroatoms. The average molecular weight is 309 g/mol. The number of hydrogen-bond donors (Lipinski definition) is 2. The Balaban J connectivity index is 3.09. The quantitative estimate of drug-likeness (QED) is 0.470. The Labute approximate surface area is 124 Å². The molecule has 1 heterocycles. The third-order valence-electron chi connectivity index (χ3n) is 2.58. The second kappa shape index (κ2) is 7.34. The molecule has 1 aliphatic rings. The van der Waals surface area contributed by atoms with E-state index in [2.05, 4.69) is 0 Å². The molecule has 5 atom stereocenters. The van der Waals surface area contributed by atoms with Crippen molar-refractivity contribution in [3.63, 3.8) is 0 Å². The Morgan fingerprint density at radius 3 is 2.10 bits per heavy atom. The van der Waals surface area contributed by atoms with E-state index in [1.165, 1.54) is 0 Å². The highest BCUT2D eigenvalue weighted by Gasteiger charge is 2.50. The molecule has 1 unspecified atom stereocenters. The molecular weight excluding hydrogens is 288 g/mol. The van der Waals surface area contributed by atoms with Crippen LogP contribution in [0.15, 0.2) is 0 Å². The maximum Gasteiger partial charge on any atom is 0.305 e. The zero-order valence-corrected chi connectivity index (χ0v) is 11.0. The molecule has 0 aliphatic carbocycles. The van der Waals surface area contributed by atoms with Gasteiger partial charge in [0.2, 0.25) is 12.4 Å². The van der Waals surface area contributed by atoms with Crippen LogP contribution in [0.2, 0.25) is 0 Å². The summed E-state index contributed by atoms with van der Waals surface area (Å²) in [6.45, 7) is -3.09. The van der Waals surface area contributed by atoms with Crippen molar-refractivity contribution >= 4 is 17.9 Å². The molecule has 0 aromatic carbocycles. The van der Waals surface area contributed by atoms with Gasteiger partial charge < -0.3 is 29.2 Å². The summed E-state index contributed by atoms with van der Waals surface area (Å²) in [6.07, 6.45) is -7.84. The van der Waals surface area contributed by atoms with Crippen LogP contribution in [0.3, 0.4) is 0 Å². The Hall–Kier alpha value is -1.71. The van der Waals surface area contributed by atoms with Crippen molar-refractivity contribution in [2.75, 3.05) is 6.61 Å². The smallest absolute Gasteiger partial charge is 0.305 e. The molecule has 120 valence electrons. The topological polar surface area (TPSA) is 129 Å². The van der Waals surface area contributed by atoms with Gasteiger partial charge in [0.25, 0.3) is 0 Å². The van der Waals surface area contributed by atoms with Crippen LogP contribution in [0, 0.1) is 0 Å². The van der Waals surface area contributed by atoms with Crippen LogP contribution >= 0.6 is 0 Å². The molecule has 1 fully saturated rings. The molecule has 1 saturated heterocycles. The Morgan fingerprint density at radius 2 is 1.57 bits per heavy atom. The Kier molecular flexibility index (Phi) is 4.54. The third kappa shape index (κ3) is 4.66. The summed E-state index contributed by atoms with van der Waals surface area (Å²) in [7, 11) is 0. The van der Waals surface area contributed by atoms with E-state index in [-0.39, 0.29) is 0 Å². The number of esters is 3. The lowest BCUT2D eigenvalue weighted by molar-refractivity contribution is -0.297. The SMILES string of the molecule is [2H]CC(=O)OC1O[C@H](CO)[C@@H](O)[C@H](OC(=O)C[2H])[C@H]1OC(=O)C[2H]. The van der Waals surface area contributed by atoms with Crippen molar-refractivity contribution in [2.45, 2.75) is 51.4 Å². The molecule has 1 rings (SSSR count). The standard InChI is InChI=1S/C12H18O9/c1-5(14)18-10-9(17)8(4-13)21-12(20-7(3)16)11(10)19-6(2)15/h8-13,17H,4H2,1-3H3/t8-,9-,10+,11-,12?/m1/s1/i1D,2D,3D. The summed E-state index contributed by atoms with van der Waals surface area (Å²) in [5.74, 6) is -3.18. The van der Waals surface area contributed by atoms with Crippen molar-refractivity contribution in [3.8, 4) is 0 Å². The Bertz CT molecular complexity index is 461. The Morgan fingerprint density at radius 1 is 1.05 bits per heavy atom. The van der Waals surface area contributed by atoms with Crippen molar-refractivity contribution in [2.24, 2.45) is 0 Å². The first-order valence-electron chi connectivity index (χ1n) is 7.90. The van der Waals surface area contributed by atoms with Crippen molar-refractivity contribution in [1.82, 2.24) is 0 Å². The van der Waals surface area contributed by atoms with Crippen LogP contribution in [-0.4, -0.2) is 65.4 Å². The summed E-state index contributed by atoms with van der Waals surface area (Å²) < 4.78 is 40.4. The van der Waals surface area contributed by atoms with Crippen LogP contribution in [-0.2, 0) is 33.3 Å². The zero-order valence-electron chi connectivity index (χ0n) is 14.0. The molecule has 0 bridgehead atoms. The van der Waals surface area contributed by atoms with E-state index in [9.17, 15) is 24.6 Å². The first-order valence-corrected chi connectivity index (χ1v) is 5.78. The molecule has 0 radical (unpaired) electrons. The first-order chi connectivity index (χ1) is 11.4. The lowest BCUT2D eigenvalue weighted by atomic mass is 9.98. The van der Waals surface area contributed by atoms with Gasteiger partial charge >= 0.3 is 17.9 Å². The molecule has 0 aromatic rings. The third-order valence-corrected chi connectivity index (χ3v) is 2.58. The van der Waals surface area contributed by atoms with Crippen molar-refractivity contribution in [3.05, 3.63) is 0 Å². The predicted molar refractivity (Wildman–Crippen MR) is 64.6 cm³/mol. The molecule has 0 amide bonds. The molecule has 0 saturated carbocycles. The minimum absolute atomic E-state index is 0.732. The van der Waals surface area contributed by atoms with E-state index >= 15 is 0 Å². The van der Waals surface area contributed by atoms with Gasteiger partial charge in [0, 0.05) is 24.8 Å². The molecule has 0 aromatic heterocycles. The molecule has 0 spiro atoms. The maximum absolute atomic E-state index is 11.4. The van der Waals surface area contributed by atoms with Crippen LogP contribution in [0.1, 0.15) is 24.8 Å². The number of aliphatic hydroxyl groups is 2.